The lowest BCUT2D eigenvalue weighted by Crippen LogP contribution is -2.15. The third-order valence-electron chi connectivity index (χ3n) is 2.29. The molecule has 0 fully saturated rings. The van der Waals surface area contributed by atoms with E-state index in [4.69, 9.17) is 0 Å². The normalized spacial score (nSPS) is 13.0. The predicted octanol–water partition coefficient (Wildman–Crippen LogP) is 2.54. The van der Waals surface area contributed by atoms with E-state index in [-0.39, 0.29) is 19.4 Å². The number of hydrogen-bond acceptors (Lipinski definition) is 2. The van der Waals surface area contributed by atoms with Crippen molar-refractivity contribution in [3.8, 4) is 0 Å². The summed E-state index contributed by atoms with van der Waals surface area (Å²) in [6.45, 7) is -0.674. The maximum absolute atomic E-state index is 12.9. The van der Waals surface area contributed by atoms with Gasteiger partial charge in [0.2, 0.25) is 0 Å². The summed E-state index contributed by atoms with van der Waals surface area (Å²) in [5, 5.41) is 9.54. The summed E-state index contributed by atoms with van der Waals surface area (Å²) in [6.07, 6.45) is -3.10. The fraction of sp³-hybridized carbons (Fsp3) is 0.500. The standard InChI is InChI=1S/C12H14F4O2/c13-10-2-1-8(6-11(10)14)5-9(17)3-4-18-7-12(15)16/h1-2,6,9,12,17H,3-5,7H2. The molecular formula is C12H14F4O2. The first kappa shape index (κ1) is 14.9. The Labute approximate surface area is 102 Å². The zero-order valence-corrected chi connectivity index (χ0v) is 9.58. The third-order valence-corrected chi connectivity index (χ3v) is 2.29. The monoisotopic (exact) mass is 266 g/mol. The number of halogens is 4. The highest BCUT2D eigenvalue weighted by molar-refractivity contribution is 5.18. The van der Waals surface area contributed by atoms with Crippen LogP contribution in [0.4, 0.5) is 17.6 Å². The molecule has 1 unspecified atom stereocenters. The fourth-order valence-electron chi connectivity index (χ4n) is 1.43. The summed E-state index contributed by atoms with van der Waals surface area (Å²) in [7, 11) is 0. The van der Waals surface area contributed by atoms with Crippen LogP contribution < -0.4 is 0 Å². The average molecular weight is 266 g/mol. The molecular weight excluding hydrogens is 252 g/mol. The van der Waals surface area contributed by atoms with Crippen molar-refractivity contribution in [3.05, 3.63) is 35.4 Å². The average Bonchev–Trinajstić information content (AvgIpc) is 2.29. The Morgan fingerprint density at radius 1 is 1.17 bits per heavy atom. The number of ether oxygens (including phenoxy) is 1. The van der Waals surface area contributed by atoms with Crippen molar-refractivity contribution in [3.63, 3.8) is 0 Å². The topological polar surface area (TPSA) is 29.5 Å². The van der Waals surface area contributed by atoms with E-state index >= 15 is 0 Å². The Bertz CT molecular complexity index is 371. The maximum Gasteiger partial charge on any atom is 0.261 e. The Hall–Kier alpha value is -1.14. The van der Waals surface area contributed by atoms with Gasteiger partial charge in [0.15, 0.2) is 11.6 Å². The molecule has 0 spiro atoms. The Morgan fingerprint density at radius 2 is 1.89 bits per heavy atom. The van der Waals surface area contributed by atoms with Crippen molar-refractivity contribution < 1.29 is 27.4 Å². The van der Waals surface area contributed by atoms with Crippen molar-refractivity contribution in [1.29, 1.82) is 0 Å². The summed E-state index contributed by atoms with van der Waals surface area (Å²) in [6, 6.07) is 3.34. The van der Waals surface area contributed by atoms with E-state index in [1.807, 2.05) is 0 Å². The second-order valence-corrected chi connectivity index (χ2v) is 3.86. The molecule has 0 radical (unpaired) electrons. The molecule has 0 aliphatic rings. The number of alkyl halides is 2. The summed E-state index contributed by atoms with van der Waals surface area (Å²) in [5.41, 5.74) is 0.440. The van der Waals surface area contributed by atoms with E-state index in [0.717, 1.165) is 12.1 Å². The molecule has 6 heteroatoms. The van der Waals surface area contributed by atoms with E-state index < -0.39 is 30.8 Å². The summed E-state index contributed by atoms with van der Waals surface area (Å²) in [5.74, 6) is -1.93. The fourth-order valence-corrected chi connectivity index (χ4v) is 1.43. The van der Waals surface area contributed by atoms with Crippen LogP contribution in [-0.4, -0.2) is 30.8 Å². The van der Waals surface area contributed by atoms with E-state index in [9.17, 15) is 22.7 Å². The molecule has 0 bridgehead atoms. The van der Waals surface area contributed by atoms with Crippen LogP contribution in [0.3, 0.4) is 0 Å². The molecule has 1 atom stereocenters. The van der Waals surface area contributed by atoms with Gasteiger partial charge in [0, 0.05) is 6.61 Å². The third kappa shape index (κ3) is 5.46. The van der Waals surface area contributed by atoms with Crippen LogP contribution >= 0.6 is 0 Å². The first-order valence-corrected chi connectivity index (χ1v) is 5.47. The van der Waals surface area contributed by atoms with Gasteiger partial charge in [0.05, 0.1) is 6.10 Å². The molecule has 0 amide bonds. The molecule has 1 rings (SSSR count). The molecule has 102 valence electrons. The van der Waals surface area contributed by atoms with Gasteiger partial charge in [-0.25, -0.2) is 17.6 Å². The first-order chi connectivity index (χ1) is 8.49. The van der Waals surface area contributed by atoms with Crippen LogP contribution in [0.15, 0.2) is 18.2 Å². The number of benzene rings is 1. The lowest BCUT2D eigenvalue weighted by atomic mass is 10.1. The van der Waals surface area contributed by atoms with Crippen LogP contribution in [0.25, 0.3) is 0 Å². The first-order valence-electron chi connectivity index (χ1n) is 5.47. The molecule has 2 nitrogen and oxygen atoms in total. The van der Waals surface area contributed by atoms with Gasteiger partial charge in [-0.1, -0.05) is 6.07 Å². The van der Waals surface area contributed by atoms with Crippen molar-refractivity contribution >= 4 is 0 Å². The lowest BCUT2D eigenvalue weighted by molar-refractivity contribution is 0.00512. The SMILES string of the molecule is OC(CCOCC(F)F)Cc1ccc(F)c(F)c1. The summed E-state index contributed by atoms with van der Waals surface area (Å²) < 4.78 is 53.5. The van der Waals surface area contributed by atoms with Gasteiger partial charge in [0.1, 0.15) is 6.61 Å². The maximum atomic E-state index is 12.9. The minimum Gasteiger partial charge on any atom is -0.393 e. The van der Waals surface area contributed by atoms with Gasteiger partial charge in [-0.3, -0.25) is 0 Å². The van der Waals surface area contributed by atoms with Crippen LogP contribution in [-0.2, 0) is 11.2 Å². The zero-order valence-electron chi connectivity index (χ0n) is 9.58. The second-order valence-electron chi connectivity index (χ2n) is 3.86. The Morgan fingerprint density at radius 3 is 2.50 bits per heavy atom. The van der Waals surface area contributed by atoms with Crippen LogP contribution in [0.1, 0.15) is 12.0 Å². The number of aliphatic hydroxyl groups is 1. The van der Waals surface area contributed by atoms with E-state index in [0.29, 0.717) is 5.56 Å². The van der Waals surface area contributed by atoms with Gasteiger partial charge in [-0.15, -0.1) is 0 Å². The highest BCUT2D eigenvalue weighted by Crippen LogP contribution is 2.11. The number of aliphatic hydroxyl groups excluding tert-OH is 1. The molecule has 0 saturated heterocycles. The second kappa shape index (κ2) is 7.33. The van der Waals surface area contributed by atoms with Gasteiger partial charge >= 0.3 is 0 Å². The van der Waals surface area contributed by atoms with Gasteiger partial charge in [-0.05, 0) is 30.5 Å². The predicted molar refractivity (Wildman–Crippen MR) is 57.5 cm³/mol. The van der Waals surface area contributed by atoms with E-state index in [1.165, 1.54) is 6.07 Å². The molecule has 18 heavy (non-hydrogen) atoms. The zero-order chi connectivity index (χ0) is 13.5. The largest absolute Gasteiger partial charge is 0.393 e. The van der Waals surface area contributed by atoms with E-state index in [2.05, 4.69) is 4.74 Å². The molecule has 0 aliphatic carbocycles. The van der Waals surface area contributed by atoms with Gasteiger partial charge in [0.25, 0.3) is 6.43 Å². The minimum absolute atomic E-state index is 0.00478. The molecule has 0 saturated carbocycles. The van der Waals surface area contributed by atoms with Crippen molar-refractivity contribution in [1.82, 2.24) is 0 Å². The number of hydrogen-bond donors (Lipinski definition) is 1. The highest BCUT2D eigenvalue weighted by atomic mass is 19.3. The highest BCUT2D eigenvalue weighted by Gasteiger charge is 2.09. The molecule has 1 aromatic rings. The molecule has 0 aromatic heterocycles. The Kier molecular flexibility index (Phi) is 6.07. The van der Waals surface area contributed by atoms with Crippen LogP contribution in [0.2, 0.25) is 0 Å². The van der Waals surface area contributed by atoms with Gasteiger partial charge in [-0.2, -0.15) is 0 Å². The summed E-state index contributed by atoms with van der Waals surface area (Å²) >= 11 is 0. The van der Waals surface area contributed by atoms with Crippen LogP contribution in [0.5, 0.6) is 0 Å². The smallest absolute Gasteiger partial charge is 0.261 e. The van der Waals surface area contributed by atoms with Crippen molar-refractivity contribution in [2.24, 2.45) is 0 Å². The van der Waals surface area contributed by atoms with E-state index in [1.54, 1.807) is 0 Å². The quantitative estimate of drug-likeness (QED) is 0.607. The van der Waals surface area contributed by atoms with Crippen molar-refractivity contribution in [2.75, 3.05) is 13.2 Å². The minimum atomic E-state index is -2.53. The van der Waals surface area contributed by atoms with Crippen molar-refractivity contribution in [2.45, 2.75) is 25.4 Å². The Balaban J connectivity index is 2.31. The lowest BCUT2D eigenvalue weighted by Gasteiger charge is -2.11. The molecule has 0 heterocycles. The number of rotatable bonds is 7. The summed E-state index contributed by atoms with van der Waals surface area (Å²) in [4.78, 5) is 0. The molecule has 1 N–H and O–H groups in total. The molecule has 0 aliphatic heterocycles. The van der Waals surface area contributed by atoms with Crippen LogP contribution in [0, 0.1) is 11.6 Å². The molecule has 1 aromatic carbocycles. The van der Waals surface area contributed by atoms with Gasteiger partial charge < -0.3 is 9.84 Å².